The molecule has 0 heterocycles. The van der Waals surface area contributed by atoms with Gasteiger partial charge in [-0.15, -0.1) is 0 Å². The fraction of sp³-hybridized carbons (Fsp3) is 0.855. The summed E-state index contributed by atoms with van der Waals surface area (Å²) >= 11 is 0. The molecule has 68 heavy (non-hydrogen) atoms. The van der Waals surface area contributed by atoms with Crippen LogP contribution in [-0.2, 0) is 28.6 Å². The van der Waals surface area contributed by atoms with E-state index >= 15 is 0 Å². The third-order valence-corrected chi connectivity index (χ3v) is 13.4. The zero-order chi connectivity index (χ0) is 49.3. The minimum Gasteiger partial charge on any atom is -0.462 e. The third kappa shape index (κ3) is 54.6. The zero-order valence-electron chi connectivity index (χ0n) is 45.6. The second kappa shape index (κ2) is 57.2. The van der Waals surface area contributed by atoms with Gasteiger partial charge in [-0.25, -0.2) is 0 Å². The summed E-state index contributed by atoms with van der Waals surface area (Å²) in [5.74, 6) is -0.865. The van der Waals surface area contributed by atoms with Crippen LogP contribution < -0.4 is 0 Å². The largest absolute Gasteiger partial charge is 0.462 e. The van der Waals surface area contributed by atoms with Crippen LogP contribution in [0.3, 0.4) is 0 Å². The highest BCUT2D eigenvalue weighted by atomic mass is 16.6. The van der Waals surface area contributed by atoms with Gasteiger partial charge in [0, 0.05) is 19.3 Å². The van der Waals surface area contributed by atoms with Gasteiger partial charge in [0.25, 0.3) is 0 Å². The number of esters is 3. The molecule has 0 aliphatic carbocycles. The molecule has 1 unspecified atom stereocenters. The van der Waals surface area contributed by atoms with Crippen LogP contribution >= 0.6 is 0 Å². The number of hydrogen-bond acceptors (Lipinski definition) is 6. The van der Waals surface area contributed by atoms with E-state index in [0.29, 0.717) is 19.3 Å². The van der Waals surface area contributed by atoms with E-state index in [1.54, 1.807) is 0 Å². The number of ether oxygens (including phenoxy) is 3. The van der Waals surface area contributed by atoms with Crippen molar-refractivity contribution < 1.29 is 28.6 Å². The summed E-state index contributed by atoms with van der Waals surface area (Å²) in [6.07, 6.45) is 68.7. The average Bonchev–Trinajstić information content (AvgIpc) is 3.34. The lowest BCUT2D eigenvalue weighted by Gasteiger charge is -2.18. The Balaban J connectivity index is 4.13. The Bertz CT molecular complexity index is 1140. The Labute approximate surface area is 423 Å². The molecule has 0 saturated carbocycles. The Morgan fingerprint density at radius 1 is 0.294 bits per heavy atom. The predicted molar refractivity (Wildman–Crippen MR) is 293 cm³/mol. The second-order valence-corrected chi connectivity index (χ2v) is 20.3. The molecule has 6 heteroatoms. The lowest BCUT2D eigenvalue weighted by molar-refractivity contribution is -0.167. The second-order valence-electron chi connectivity index (χ2n) is 20.3. The number of carbonyl (C=O) groups is 3. The molecule has 0 N–H and O–H groups in total. The third-order valence-electron chi connectivity index (χ3n) is 13.4. The first-order valence-electron chi connectivity index (χ1n) is 30.0. The van der Waals surface area contributed by atoms with Crippen LogP contribution in [0.15, 0.2) is 36.5 Å². The van der Waals surface area contributed by atoms with E-state index in [9.17, 15) is 14.4 Å². The maximum absolute atomic E-state index is 12.8. The van der Waals surface area contributed by atoms with E-state index < -0.39 is 6.10 Å². The average molecular weight is 956 g/mol. The molecule has 0 radical (unpaired) electrons. The summed E-state index contributed by atoms with van der Waals surface area (Å²) in [6, 6.07) is 0. The highest BCUT2D eigenvalue weighted by Gasteiger charge is 2.19. The minimum absolute atomic E-state index is 0.0706. The van der Waals surface area contributed by atoms with E-state index in [-0.39, 0.29) is 31.1 Å². The van der Waals surface area contributed by atoms with Crippen molar-refractivity contribution in [2.24, 2.45) is 0 Å². The van der Waals surface area contributed by atoms with Crippen molar-refractivity contribution in [2.45, 2.75) is 329 Å². The molecule has 0 saturated heterocycles. The lowest BCUT2D eigenvalue weighted by Crippen LogP contribution is -2.30. The SMILES string of the molecule is CCCC/C=C\CCCCCCCC(=O)OCC(COC(=O)CCCCCCCCCCCCCCCCC/C=C\C/C=C\CCCCCCC)OC(=O)CCCCCCCCCCCCCC. The molecule has 0 rings (SSSR count). The molecule has 6 nitrogen and oxygen atoms in total. The van der Waals surface area contributed by atoms with Gasteiger partial charge in [0.1, 0.15) is 13.2 Å². The molecule has 0 fully saturated rings. The van der Waals surface area contributed by atoms with E-state index in [4.69, 9.17) is 14.2 Å². The summed E-state index contributed by atoms with van der Waals surface area (Å²) in [7, 11) is 0. The number of hydrogen-bond donors (Lipinski definition) is 0. The van der Waals surface area contributed by atoms with E-state index in [2.05, 4.69) is 57.2 Å². The van der Waals surface area contributed by atoms with Gasteiger partial charge < -0.3 is 14.2 Å². The molecule has 0 aromatic carbocycles. The number of unbranched alkanes of at least 4 members (excludes halogenated alkanes) is 38. The Hall–Kier alpha value is -2.37. The van der Waals surface area contributed by atoms with E-state index in [1.165, 1.54) is 212 Å². The molecule has 398 valence electrons. The van der Waals surface area contributed by atoms with Gasteiger partial charge in [-0.3, -0.25) is 14.4 Å². The van der Waals surface area contributed by atoms with Crippen LogP contribution in [0.5, 0.6) is 0 Å². The van der Waals surface area contributed by atoms with Crippen molar-refractivity contribution in [3.63, 3.8) is 0 Å². The fourth-order valence-corrected chi connectivity index (χ4v) is 8.81. The number of rotatable bonds is 55. The van der Waals surface area contributed by atoms with Crippen LogP contribution in [0.2, 0.25) is 0 Å². The van der Waals surface area contributed by atoms with E-state index in [1.807, 2.05) is 0 Å². The Kier molecular flexibility index (Phi) is 55.2. The number of carbonyl (C=O) groups excluding carboxylic acids is 3. The Morgan fingerprint density at radius 2 is 0.544 bits per heavy atom. The van der Waals surface area contributed by atoms with Crippen molar-refractivity contribution in [2.75, 3.05) is 13.2 Å². The topological polar surface area (TPSA) is 78.9 Å². The van der Waals surface area contributed by atoms with Crippen molar-refractivity contribution in [3.8, 4) is 0 Å². The summed E-state index contributed by atoms with van der Waals surface area (Å²) < 4.78 is 16.8. The van der Waals surface area contributed by atoms with Gasteiger partial charge in [-0.05, 0) is 70.6 Å². The molecule has 0 aromatic rings. The minimum atomic E-state index is -0.770. The van der Waals surface area contributed by atoms with Crippen molar-refractivity contribution in [3.05, 3.63) is 36.5 Å². The smallest absolute Gasteiger partial charge is 0.306 e. The summed E-state index contributed by atoms with van der Waals surface area (Å²) in [5, 5.41) is 0. The van der Waals surface area contributed by atoms with Crippen molar-refractivity contribution >= 4 is 17.9 Å². The maximum Gasteiger partial charge on any atom is 0.306 e. The molecule has 0 aliphatic rings. The van der Waals surface area contributed by atoms with E-state index in [0.717, 1.165) is 70.6 Å². The molecule has 0 aliphatic heterocycles. The van der Waals surface area contributed by atoms with Gasteiger partial charge in [0.15, 0.2) is 6.10 Å². The molecule has 0 aromatic heterocycles. The summed E-state index contributed by atoms with van der Waals surface area (Å²) in [5.41, 5.74) is 0. The van der Waals surface area contributed by atoms with Gasteiger partial charge in [0.05, 0.1) is 0 Å². The van der Waals surface area contributed by atoms with Crippen molar-refractivity contribution in [1.82, 2.24) is 0 Å². The molecule has 0 bridgehead atoms. The highest BCUT2D eigenvalue weighted by molar-refractivity contribution is 5.71. The quantitative estimate of drug-likeness (QED) is 0.0262. The Morgan fingerprint density at radius 3 is 0.868 bits per heavy atom. The predicted octanol–water partition coefficient (Wildman–Crippen LogP) is 20.0. The normalized spacial score (nSPS) is 12.2. The monoisotopic (exact) mass is 955 g/mol. The van der Waals surface area contributed by atoms with Crippen LogP contribution in [0, 0.1) is 0 Å². The molecule has 1 atom stereocenters. The van der Waals surface area contributed by atoms with Crippen LogP contribution in [0.25, 0.3) is 0 Å². The molecular weight excluding hydrogens is 841 g/mol. The first-order chi connectivity index (χ1) is 33.5. The molecular formula is C62H114O6. The maximum atomic E-state index is 12.8. The van der Waals surface area contributed by atoms with Crippen LogP contribution in [0.4, 0.5) is 0 Å². The summed E-state index contributed by atoms with van der Waals surface area (Å²) in [6.45, 7) is 6.62. The first kappa shape index (κ1) is 65.6. The van der Waals surface area contributed by atoms with Gasteiger partial charge >= 0.3 is 17.9 Å². The van der Waals surface area contributed by atoms with Crippen molar-refractivity contribution in [1.29, 1.82) is 0 Å². The highest BCUT2D eigenvalue weighted by Crippen LogP contribution is 2.17. The molecule has 0 amide bonds. The van der Waals surface area contributed by atoms with Crippen LogP contribution in [0.1, 0.15) is 323 Å². The molecule has 0 spiro atoms. The first-order valence-corrected chi connectivity index (χ1v) is 30.0. The zero-order valence-corrected chi connectivity index (χ0v) is 45.6. The van der Waals surface area contributed by atoms with Crippen LogP contribution in [-0.4, -0.2) is 37.2 Å². The van der Waals surface area contributed by atoms with Gasteiger partial charge in [-0.2, -0.15) is 0 Å². The van der Waals surface area contributed by atoms with Gasteiger partial charge in [0.2, 0.25) is 0 Å². The standard InChI is InChI=1S/C62H114O6/c1-4-7-10-13-16-19-22-24-25-26-27-28-29-30-31-32-33-34-35-36-37-38-41-43-46-49-52-55-61(64)67-58-59(57-66-60(63)54-51-48-45-42-39-21-18-15-12-9-6-3)68-62(65)56-53-50-47-44-40-23-20-17-14-11-8-5-2/h15,18,22,24,26-27,59H,4-14,16-17,19-21,23,25,28-58H2,1-3H3/b18-15-,24-22-,27-26-. The van der Waals surface area contributed by atoms with Gasteiger partial charge in [-0.1, -0.05) is 269 Å². The lowest BCUT2D eigenvalue weighted by atomic mass is 10.0. The summed E-state index contributed by atoms with van der Waals surface area (Å²) in [4.78, 5) is 38.0. The fourth-order valence-electron chi connectivity index (χ4n) is 8.81. The number of allylic oxidation sites excluding steroid dienone is 6.